The van der Waals surface area contributed by atoms with Crippen LogP contribution in [0.5, 0.6) is 0 Å². The van der Waals surface area contributed by atoms with E-state index >= 15 is 0 Å². The maximum absolute atomic E-state index is 11.2. The SMILES string of the molecule is NNC(=O)c1c[nH]c2ncncc12. The second kappa shape index (κ2) is 2.83. The standard InChI is InChI=1S/C7H7N5O/c8-12-7(13)5-2-10-6-4(5)1-9-3-11-6/h1-3H,8H2,(H,12,13)(H,9,10,11). The molecule has 0 aliphatic rings. The van der Waals surface area contributed by atoms with Gasteiger partial charge in [-0.2, -0.15) is 0 Å². The summed E-state index contributed by atoms with van der Waals surface area (Å²) in [5, 5.41) is 0.658. The van der Waals surface area contributed by atoms with Gasteiger partial charge in [-0.05, 0) is 0 Å². The molecule has 0 saturated heterocycles. The number of H-pyrrole nitrogens is 1. The van der Waals surface area contributed by atoms with E-state index in [9.17, 15) is 4.79 Å². The third kappa shape index (κ3) is 1.13. The van der Waals surface area contributed by atoms with Crippen LogP contribution in [0.4, 0.5) is 0 Å². The van der Waals surface area contributed by atoms with Gasteiger partial charge in [-0.1, -0.05) is 0 Å². The molecule has 0 saturated carbocycles. The molecule has 2 heterocycles. The molecule has 13 heavy (non-hydrogen) atoms. The predicted octanol–water partition coefficient (Wildman–Crippen LogP) is -0.439. The number of fused-ring (bicyclic) bond motifs is 1. The summed E-state index contributed by atoms with van der Waals surface area (Å²) in [7, 11) is 0. The fourth-order valence-corrected chi connectivity index (χ4v) is 1.13. The van der Waals surface area contributed by atoms with Gasteiger partial charge in [0.05, 0.1) is 5.56 Å². The van der Waals surface area contributed by atoms with Crippen molar-refractivity contribution in [2.45, 2.75) is 0 Å². The summed E-state index contributed by atoms with van der Waals surface area (Å²) < 4.78 is 0. The van der Waals surface area contributed by atoms with Crippen LogP contribution in [-0.2, 0) is 0 Å². The van der Waals surface area contributed by atoms with Crippen molar-refractivity contribution in [1.29, 1.82) is 0 Å². The first-order valence-electron chi connectivity index (χ1n) is 3.61. The first kappa shape index (κ1) is 7.69. The maximum atomic E-state index is 11.2. The Morgan fingerprint density at radius 1 is 1.62 bits per heavy atom. The second-order valence-electron chi connectivity index (χ2n) is 2.46. The number of nitrogen functional groups attached to an aromatic ring is 1. The highest BCUT2D eigenvalue weighted by atomic mass is 16.2. The molecule has 0 aliphatic carbocycles. The fourth-order valence-electron chi connectivity index (χ4n) is 1.13. The fraction of sp³-hybridized carbons (Fsp3) is 0. The molecule has 6 heteroatoms. The predicted molar refractivity (Wildman–Crippen MR) is 45.5 cm³/mol. The monoisotopic (exact) mass is 177 g/mol. The third-order valence-corrected chi connectivity index (χ3v) is 1.73. The zero-order chi connectivity index (χ0) is 9.26. The number of aromatic nitrogens is 3. The van der Waals surface area contributed by atoms with Crippen LogP contribution in [0.3, 0.4) is 0 Å². The topological polar surface area (TPSA) is 96.7 Å². The zero-order valence-electron chi connectivity index (χ0n) is 6.61. The van der Waals surface area contributed by atoms with Crippen LogP contribution in [0, 0.1) is 0 Å². The van der Waals surface area contributed by atoms with Crippen LogP contribution in [0.25, 0.3) is 11.0 Å². The number of aromatic amines is 1. The van der Waals surface area contributed by atoms with Crippen LogP contribution < -0.4 is 11.3 Å². The lowest BCUT2D eigenvalue weighted by Crippen LogP contribution is -2.29. The van der Waals surface area contributed by atoms with Crippen molar-refractivity contribution < 1.29 is 4.79 Å². The lowest BCUT2D eigenvalue weighted by molar-refractivity contribution is 0.0955. The number of amides is 1. The van der Waals surface area contributed by atoms with E-state index in [1.807, 2.05) is 5.43 Å². The van der Waals surface area contributed by atoms with Crippen molar-refractivity contribution in [1.82, 2.24) is 20.4 Å². The number of carbonyl (C=O) groups is 1. The van der Waals surface area contributed by atoms with Crippen molar-refractivity contribution in [3.8, 4) is 0 Å². The van der Waals surface area contributed by atoms with Crippen molar-refractivity contribution in [2.24, 2.45) is 5.84 Å². The van der Waals surface area contributed by atoms with Crippen molar-refractivity contribution >= 4 is 16.9 Å². The Kier molecular flexibility index (Phi) is 1.67. The number of nitrogens with zero attached hydrogens (tertiary/aromatic N) is 2. The molecular weight excluding hydrogens is 170 g/mol. The van der Waals surface area contributed by atoms with Gasteiger partial charge >= 0.3 is 0 Å². The van der Waals surface area contributed by atoms with Crippen LogP contribution >= 0.6 is 0 Å². The Bertz CT molecular complexity index is 449. The molecule has 0 unspecified atom stereocenters. The van der Waals surface area contributed by atoms with Crippen molar-refractivity contribution in [3.05, 3.63) is 24.3 Å². The maximum Gasteiger partial charge on any atom is 0.267 e. The van der Waals surface area contributed by atoms with Gasteiger partial charge < -0.3 is 4.98 Å². The van der Waals surface area contributed by atoms with E-state index in [-0.39, 0.29) is 5.91 Å². The van der Waals surface area contributed by atoms with Crippen LogP contribution in [0.2, 0.25) is 0 Å². The van der Waals surface area contributed by atoms with E-state index in [1.165, 1.54) is 6.33 Å². The Balaban J connectivity index is 2.64. The Hall–Kier alpha value is -1.95. The Labute approximate surface area is 73.1 Å². The highest BCUT2D eigenvalue weighted by molar-refractivity contribution is 6.05. The van der Waals surface area contributed by atoms with Gasteiger partial charge in [-0.15, -0.1) is 0 Å². The molecular formula is C7H7N5O. The second-order valence-corrected chi connectivity index (χ2v) is 2.46. The number of rotatable bonds is 1. The normalized spacial score (nSPS) is 10.2. The van der Waals surface area contributed by atoms with Gasteiger partial charge in [-0.25, -0.2) is 15.8 Å². The van der Waals surface area contributed by atoms with Gasteiger partial charge in [-0.3, -0.25) is 10.2 Å². The summed E-state index contributed by atoms with van der Waals surface area (Å²) in [6.07, 6.45) is 4.51. The van der Waals surface area contributed by atoms with Gasteiger partial charge in [0.25, 0.3) is 5.91 Å². The van der Waals surface area contributed by atoms with Crippen LogP contribution in [0.15, 0.2) is 18.7 Å². The lowest BCUT2D eigenvalue weighted by atomic mass is 10.2. The lowest BCUT2D eigenvalue weighted by Gasteiger charge is -1.94. The molecule has 0 aromatic carbocycles. The van der Waals surface area contributed by atoms with E-state index in [2.05, 4.69) is 15.0 Å². The molecule has 1 amide bonds. The zero-order valence-corrected chi connectivity index (χ0v) is 6.61. The van der Waals surface area contributed by atoms with Crippen molar-refractivity contribution in [2.75, 3.05) is 0 Å². The van der Waals surface area contributed by atoms with Crippen LogP contribution in [-0.4, -0.2) is 20.9 Å². The smallest absolute Gasteiger partial charge is 0.267 e. The summed E-state index contributed by atoms with van der Waals surface area (Å²) in [5.41, 5.74) is 3.11. The Morgan fingerprint density at radius 2 is 2.46 bits per heavy atom. The van der Waals surface area contributed by atoms with E-state index in [4.69, 9.17) is 5.84 Å². The average Bonchev–Trinajstić information content (AvgIpc) is 2.60. The molecule has 0 spiro atoms. The average molecular weight is 177 g/mol. The van der Waals surface area contributed by atoms with Crippen LogP contribution in [0.1, 0.15) is 10.4 Å². The summed E-state index contributed by atoms with van der Waals surface area (Å²) in [4.78, 5) is 21.8. The molecule has 6 nitrogen and oxygen atoms in total. The van der Waals surface area contributed by atoms with E-state index in [0.717, 1.165) is 0 Å². The highest BCUT2D eigenvalue weighted by Crippen LogP contribution is 2.13. The van der Waals surface area contributed by atoms with Gasteiger partial charge in [0, 0.05) is 17.8 Å². The quantitative estimate of drug-likeness (QED) is 0.312. The largest absolute Gasteiger partial charge is 0.345 e. The third-order valence-electron chi connectivity index (χ3n) is 1.73. The molecule has 2 aromatic rings. The Morgan fingerprint density at radius 3 is 3.23 bits per heavy atom. The minimum atomic E-state index is -0.360. The molecule has 0 bridgehead atoms. The molecule has 4 N–H and O–H groups in total. The molecule has 0 fully saturated rings. The summed E-state index contributed by atoms with van der Waals surface area (Å²) in [5.74, 6) is 4.64. The van der Waals surface area contributed by atoms with Gasteiger partial charge in [0.15, 0.2) is 0 Å². The number of carbonyl (C=O) groups excluding carboxylic acids is 1. The van der Waals surface area contributed by atoms with E-state index in [0.29, 0.717) is 16.6 Å². The molecule has 2 aromatic heterocycles. The number of hydrogen-bond acceptors (Lipinski definition) is 4. The van der Waals surface area contributed by atoms with E-state index in [1.54, 1.807) is 12.4 Å². The molecule has 0 atom stereocenters. The minimum absolute atomic E-state index is 0.360. The molecule has 0 radical (unpaired) electrons. The van der Waals surface area contributed by atoms with Crippen molar-refractivity contribution in [3.63, 3.8) is 0 Å². The molecule has 2 rings (SSSR count). The number of nitrogens with two attached hydrogens (primary N) is 1. The number of nitrogens with one attached hydrogen (secondary N) is 2. The van der Waals surface area contributed by atoms with Gasteiger partial charge in [0.1, 0.15) is 12.0 Å². The molecule has 0 aliphatic heterocycles. The summed E-state index contributed by atoms with van der Waals surface area (Å²) in [6.45, 7) is 0. The summed E-state index contributed by atoms with van der Waals surface area (Å²) >= 11 is 0. The van der Waals surface area contributed by atoms with Gasteiger partial charge in [0.2, 0.25) is 0 Å². The minimum Gasteiger partial charge on any atom is -0.345 e. The highest BCUT2D eigenvalue weighted by Gasteiger charge is 2.10. The van der Waals surface area contributed by atoms with E-state index < -0.39 is 0 Å². The first-order chi connectivity index (χ1) is 6.33. The molecule has 66 valence electrons. The number of hydrogen-bond donors (Lipinski definition) is 3. The first-order valence-corrected chi connectivity index (χ1v) is 3.61. The number of hydrazine groups is 1. The summed E-state index contributed by atoms with van der Waals surface area (Å²) in [6, 6.07) is 0.